The number of aromatic nitrogens is 1. The zero-order chi connectivity index (χ0) is 14.5. The monoisotopic (exact) mass is 288 g/mol. The summed E-state index contributed by atoms with van der Waals surface area (Å²) in [4.78, 5) is 9.48. The van der Waals surface area contributed by atoms with Gasteiger partial charge in [0, 0.05) is 26.2 Å². The molecule has 0 radical (unpaired) electrons. The number of nitrogens with zero attached hydrogens (tertiary/aromatic N) is 3. The minimum absolute atomic E-state index is 0.769. The van der Waals surface area contributed by atoms with Gasteiger partial charge in [0.15, 0.2) is 0 Å². The molecule has 0 spiro atoms. The Balaban J connectivity index is 1.49. The molecule has 4 heteroatoms. The minimum Gasteiger partial charge on any atom is -0.383 e. The third-order valence-electron chi connectivity index (χ3n) is 4.74. The number of pyridine rings is 1. The zero-order valence-electron chi connectivity index (χ0n) is 13.2. The van der Waals surface area contributed by atoms with E-state index in [4.69, 9.17) is 0 Å². The van der Waals surface area contributed by atoms with E-state index in [9.17, 15) is 0 Å². The molecule has 1 N–H and O–H groups in total. The number of hydrogen-bond donors (Lipinski definition) is 1. The predicted molar refractivity (Wildman–Crippen MR) is 89.0 cm³/mol. The molecule has 2 fully saturated rings. The molecule has 116 valence electrons. The molecule has 1 atom stereocenters. The van der Waals surface area contributed by atoms with Gasteiger partial charge < -0.3 is 15.1 Å². The van der Waals surface area contributed by atoms with E-state index in [0.717, 1.165) is 37.1 Å². The summed E-state index contributed by atoms with van der Waals surface area (Å²) in [6, 6.07) is 4.35. The average molecular weight is 288 g/mol. The molecule has 21 heavy (non-hydrogen) atoms. The fraction of sp³-hybridized carbons (Fsp3) is 0.706. The van der Waals surface area contributed by atoms with E-state index < -0.39 is 0 Å². The summed E-state index contributed by atoms with van der Waals surface area (Å²) >= 11 is 0. The van der Waals surface area contributed by atoms with Gasteiger partial charge in [-0.2, -0.15) is 0 Å². The van der Waals surface area contributed by atoms with E-state index in [2.05, 4.69) is 39.3 Å². The molecule has 0 bridgehead atoms. The second-order valence-electron chi connectivity index (χ2n) is 6.60. The van der Waals surface area contributed by atoms with Gasteiger partial charge in [-0.05, 0) is 63.7 Å². The number of anilines is 2. The van der Waals surface area contributed by atoms with Gasteiger partial charge >= 0.3 is 0 Å². The molecule has 0 saturated carbocycles. The fourth-order valence-corrected chi connectivity index (χ4v) is 3.50. The van der Waals surface area contributed by atoms with Crippen LogP contribution in [0.1, 0.15) is 32.1 Å². The topological polar surface area (TPSA) is 31.4 Å². The van der Waals surface area contributed by atoms with Gasteiger partial charge in [-0.3, -0.25) is 0 Å². The number of hydrogen-bond acceptors (Lipinski definition) is 4. The first-order valence-corrected chi connectivity index (χ1v) is 8.45. The smallest absolute Gasteiger partial charge is 0.128 e. The molecule has 1 aromatic heterocycles. The Bertz CT molecular complexity index is 425. The molecule has 0 amide bonds. The van der Waals surface area contributed by atoms with Crippen molar-refractivity contribution in [2.24, 2.45) is 5.92 Å². The Morgan fingerprint density at radius 1 is 1.14 bits per heavy atom. The van der Waals surface area contributed by atoms with Gasteiger partial charge in [0.1, 0.15) is 5.82 Å². The minimum atomic E-state index is 0.769. The average Bonchev–Trinajstić information content (AvgIpc) is 2.54. The maximum Gasteiger partial charge on any atom is 0.128 e. The summed E-state index contributed by atoms with van der Waals surface area (Å²) in [6.07, 6.45) is 8.64. The van der Waals surface area contributed by atoms with E-state index in [0.29, 0.717) is 0 Å². The summed E-state index contributed by atoms with van der Waals surface area (Å²) < 4.78 is 0. The summed E-state index contributed by atoms with van der Waals surface area (Å²) in [6.45, 7) is 5.85. The summed E-state index contributed by atoms with van der Waals surface area (Å²) in [5, 5.41) is 3.56. The molecule has 4 nitrogen and oxygen atoms in total. The van der Waals surface area contributed by atoms with Crippen molar-refractivity contribution < 1.29 is 0 Å². The fourth-order valence-electron chi connectivity index (χ4n) is 3.50. The molecule has 2 aliphatic rings. The third-order valence-corrected chi connectivity index (χ3v) is 4.74. The standard InChI is InChI=1S/C17H28N4/c1-20-9-5-6-15(14-20)12-18-16-7-8-17(19-13-16)21-10-3-2-4-11-21/h7-8,13,15,18H,2-6,9-12,14H2,1H3. The van der Waals surface area contributed by atoms with Crippen LogP contribution in [0.4, 0.5) is 11.5 Å². The van der Waals surface area contributed by atoms with Crippen LogP contribution in [0.5, 0.6) is 0 Å². The van der Waals surface area contributed by atoms with E-state index in [1.807, 2.05) is 6.20 Å². The van der Waals surface area contributed by atoms with Crippen molar-refractivity contribution in [2.75, 3.05) is 50.0 Å². The van der Waals surface area contributed by atoms with Crippen LogP contribution >= 0.6 is 0 Å². The molecule has 0 aromatic carbocycles. The largest absolute Gasteiger partial charge is 0.383 e. The molecule has 1 unspecified atom stereocenters. The molecule has 2 aliphatic heterocycles. The van der Waals surface area contributed by atoms with Crippen LogP contribution in [0.3, 0.4) is 0 Å². The van der Waals surface area contributed by atoms with Crippen molar-refractivity contribution in [2.45, 2.75) is 32.1 Å². The van der Waals surface area contributed by atoms with Crippen LogP contribution in [0.2, 0.25) is 0 Å². The van der Waals surface area contributed by atoms with E-state index in [-0.39, 0.29) is 0 Å². The van der Waals surface area contributed by atoms with Crippen molar-refractivity contribution in [1.29, 1.82) is 0 Å². The molecule has 3 rings (SSSR count). The highest BCUT2D eigenvalue weighted by Gasteiger charge is 2.17. The van der Waals surface area contributed by atoms with E-state index in [1.165, 1.54) is 45.2 Å². The Morgan fingerprint density at radius 2 is 2.00 bits per heavy atom. The zero-order valence-corrected chi connectivity index (χ0v) is 13.2. The molecule has 0 aliphatic carbocycles. The maximum atomic E-state index is 4.63. The molecular weight excluding hydrogens is 260 g/mol. The highest BCUT2D eigenvalue weighted by molar-refractivity contribution is 5.48. The Morgan fingerprint density at radius 3 is 2.71 bits per heavy atom. The second-order valence-corrected chi connectivity index (χ2v) is 6.60. The Hall–Kier alpha value is -1.29. The van der Waals surface area contributed by atoms with Crippen LogP contribution < -0.4 is 10.2 Å². The van der Waals surface area contributed by atoms with Crippen molar-refractivity contribution in [3.8, 4) is 0 Å². The van der Waals surface area contributed by atoms with Crippen LogP contribution in [0.15, 0.2) is 18.3 Å². The quantitative estimate of drug-likeness (QED) is 0.923. The first kappa shape index (κ1) is 14.6. The number of nitrogens with one attached hydrogen (secondary N) is 1. The summed E-state index contributed by atoms with van der Waals surface area (Å²) in [7, 11) is 2.22. The highest BCUT2D eigenvalue weighted by Crippen LogP contribution is 2.20. The lowest BCUT2D eigenvalue weighted by molar-refractivity contribution is 0.217. The number of likely N-dealkylation sites (tertiary alicyclic amines) is 1. The normalized spacial score (nSPS) is 24.0. The van der Waals surface area contributed by atoms with Crippen molar-refractivity contribution >= 4 is 11.5 Å². The van der Waals surface area contributed by atoms with Crippen LogP contribution in [-0.2, 0) is 0 Å². The summed E-state index contributed by atoms with van der Waals surface area (Å²) in [5.74, 6) is 1.91. The van der Waals surface area contributed by atoms with Crippen LogP contribution in [0.25, 0.3) is 0 Å². The third kappa shape index (κ3) is 4.10. The van der Waals surface area contributed by atoms with Gasteiger partial charge in [0.2, 0.25) is 0 Å². The molecule has 2 saturated heterocycles. The first-order valence-electron chi connectivity index (χ1n) is 8.45. The van der Waals surface area contributed by atoms with E-state index in [1.54, 1.807) is 0 Å². The van der Waals surface area contributed by atoms with Gasteiger partial charge in [0.25, 0.3) is 0 Å². The van der Waals surface area contributed by atoms with E-state index >= 15 is 0 Å². The second kappa shape index (κ2) is 7.12. The molecule has 1 aromatic rings. The summed E-state index contributed by atoms with van der Waals surface area (Å²) in [5.41, 5.74) is 1.16. The van der Waals surface area contributed by atoms with Crippen LogP contribution in [-0.4, -0.2) is 49.7 Å². The lowest BCUT2D eigenvalue weighted by Crippen LogP contribution is -2.35. The maximum absolute atomic E-state index is 4.63. The lowest BCUT2D eigenvalue weighted by atomic mass is 9.98. The predicted octanol–water partition coefficient (Wildman–Crippen LogP) is 2.83. The van der Waals surface area contributed by atoms with Crippen molar-refractivity contribution in [3.63, 3.8) is 0 Å². The number of rotatable bonds is 4. The number of piperidine rings is 2. The van der Waals surface area contributed by atoms with Crippen molar-refractivity contribution in [1.82, 2.24) is 9.88 Å². The van der Waals surface area contributed by atoms with Crippen molar-refractivity contribution in [3.05, 3.63) is 18.3 Å². The first-order chi connectivity index (χ1) is 10.3. The lowest BCUT2D eigenvalue weighted by Gasteiger charge is -2.30. The highest BCUT2D eigenvalue weighted by atomic mass is 15.2. The van der Waals surface area contributed by atoms with Gasteiger partial charge in [-0.1, -0.05) is 0 Å². The van der Waals surface area contributed by atoms with Gasteiger partial charge in [0.05, 0.1) is 11.9 Å². The molecular formula is C17H28N4. The Labute approximate surface area is 128 Å². The molecule has 3 heterocycles. The van der Waals surface area contributed by atoms with Gasteiger partial charge in [-0.15, -0.1) is 0 Å². The SMILES string of the molecule is CN1CCCC(CNc2ccc(N3CCCCC3)nc2)C1. The van der Waals surface area contributed by atoms with Crippen LogP contribution in [0, 0.1) is 5.92 Å². The van der Waals surface area contributed by atoms with Gasteiger partial charge in [-0.25, -0.2) is 4.98 Å². The Kier molecular flexibility index (Phi) is 4.96.